The van der Waals surface area contributed by atoms with E-state index in [0.29, 0.717) is 12.8 Å². The van der Waals surface area contributed by atoms with Gasteiger partial charge in [-0.15, -0.1) is 0 Å². The van der Waals surface area contributed by atoms with Gasteiger partial charge in [0.25, 0.3) is 0 Å². The highest BCUT2D eigenvalue weighted by Crippen LogP contribution is 2.76. The van der Waals surface area contributed by atoms with E-state index >= 15 is 0 Å². The van der Waals surface area contributed by atoms with Crippen LogP contribution in [0, 0.1) is 29.1 Å². The molecule has 12 atom stereocenters. The van der Waals surface area contributed by atoms with Gasteiger partial charge in [0.15, 0.2) is 0 Å². The molecule has 2 N–H and O–H groups in total. The predicted molar refractivity (Wildman–Crippen MR) is 125 cm³/mol. The summed E-state index contributed by atoms with van der Waals surface area (Å²) in [7, 11) is 0. The molecule has 2 spiro atoms. The van der Waals surface area contributed by atoms with Crippen LogP contribution in [0.25, 0.3) is 0 Å². The van der Waals surface area contributed by atoms with Gasteiger partial charge in [-0.05, 0) is 63.9 Å². The number of esters is 2. The zero-order valence-electron chi connectivity index (χ0n) is 21.6. The van der Waals surface area contributed by atoms with Crippen LogP contribution in [0.2, 0.25) is 0 Å². The average molecular weight is 503 g/mol. The number of hydrogen-bond acceptors (Lipinski definition) is 8. The first-order valence-corrected chi connectivity index (χ1v) is 13.7. The average Bonchev–Trinajstić information content (AvgIpc) is 3.00. The summed E-state index contributed by atoms with van der Waals surface area (Å²) in [5.74, 6) is -0.587. The second-order valence-electron chi connectivity index (χ2n) is 13.6. The van der Waals surface area contributed by atoms with E-state index in [2.05, 4.69) is 27.7 Å². The molecule has 0 amide bonds. The number of aliphatic hydroxyl groups is 2. The monoisotopic (exact) mass is 502 g/mol. The van der Waals surface area contributed by atoms with Gasteiger partial charge in [0, 0.05) is 29.7 Å². The maximum atomic E-state index is 12.4. The molecule has 3 aliphatic carbocycles. The van der Waals surface area contributed by atoms with E-state index in [1.165, 1.54) is 6.08 Å². The maximum Gasteiger partial charge on any atom is 0.331 e. The van der Waals surface area contributed by atoms with Crippen molar-refractivity contribution in [3.05, 3.63) is 12.2 Å². The number of carbonyl (C=O) groups excluding carboxylic acids is 2. The third-order valence-corrected chi connectivity index (χ3v) is 11.8. The lowest BCUT2D eigenvalue weighted by Gasteiger charge is -2.55. The summed E-state index contributed by atoms with van der Waals surface area (Å²) in [6, 6.07) is 0. The lowest BCUT2D eigenvalue weighted by molar-refractivity contribution is -0.185. The molecular formula is C28H38O8. The molecule has 4 heterocycles. The first kappa shape index (κ1) is 23.6. The zero-order valence-corrected chi connectivity index (χ0v) is 21.6. The van der Waals surface area contributed by atoms with Crippen LogP contribution in [0.3, 0.4) is 0 Å². The van der Waals surface area contributed by atoms with Crippen molar-refractivity contribution in [3.63, 3.8) is 0 Å². The largest absolute Gasteiger partial charge is 0.456 e. The van der Waals surface area contributed by atoms with Gasteiger partial charge < -0.3 is 29.2 Å². The second kappa shape index (κ2) is 6.93. The molecule has 7 aliphatic rings. The van der Waals surface area contributed by atoms with E-state index in [-0.39, 0.29) is 53.7 Å². The molecule has 0 bridgehead atoms. The molecule has 36 heavy (non-hydrogen) atoms. The van der Waals surface area contributed by atoms with Crippen molar-refractivity contribution < 1.29 is 38.7 Å². The Morgan fingerprint density at radius 2 is 1.81 bits per heavy atom. The summed E-state index contributed by atoms with van der Waals surface area (Å²) in [5.41, 5.74) is -2.87. The van der Waals surface area contributed by atoms with Gasteiger partial charge in [0.2, 0.25) is 0 Å². The Morgan fingerprint density at radius 3 is 2.53 bits per heavy atom. The molecule has 198 valence electrons. The highest BCUT2D eigenvalue weighted by Gasteiger charge is 2.83. The van der Waals surface area contributed by atoms with Crippen molar-refractivity contribution in [1.82, 2.24) is 0 Å². The third kappa shape index (κ3) is 2.69. The number of hydrogen-bond donors (Lipinski definition) is 2. The molecule has 6 fully saturated rings. The van der Waals surface area contributed by atoms with Gasteiger partial charge in [-0.1, -0.05) is 13.8 Å². The first-order valence-electron chi connectivity index (χ1n) is 13.7. The molecule has 0 aromatic rings. The lowest BCUT2D eigenvalue weighted by atomic mass is 9.52. The Labute approximate surface area is 211 Å². The number of rotatable bonds is 3. The summed E-state index contributed by atoms with van der Waals surface area (Å²) in [5, 5.41) is 23.5. The fraction of sp³-hybridized carbons (Fsp3) is 0.857. The van der Waals surface area contributed by atoms with Gasteiger partial charge in [-0.25, -0.2) is 4.79 Å². The van der Waals surface area contributed by atoms with Crippen LogP contribution in [0.15, 0.2) is 12.2 Å². The second-order valence-corrected chi connectivity index (χ2v) is 13.6. The van der Waals surface area contributed by atoms with Crippen molar-refractivity contribution in [2.75, 3.05) is 0 Å². The fourth-order valence-corrected chi connectivity index (χ4v) is 10.2. The fourth-order valence-electron chi connectivity index (χ4n) is 10.2. The Balaban J connectivity index is 1.21. The van der Waals surface area contributed by atoms with Crippen LogP contribution in [0.5, 0.6) is 0 Å². The molecular weight excluding hydrogens is 464 g/mol. The molecule has 0 radical (unpaired) electrons. The van der Waals surface area contributed by atoms with Gasteiger partial charge >= 0.3 is 11.9 Å². The Hall–Kier alpha value is -1.48. The number of fused-ring (bicyclic) bond motifs is 1. The van der Waals surface area contributed by atoms with Gasteiger partial charge in [0.1, 0.15) is 23.4 Å². The van der Waals surface area contributed by atoms with Gasteiger partial charge in [-0.3, -0.25) is 4.79 Å². The van der Waals surface area contributed by atoms with Crippen molar-refractivity contribution in [3.8, 4) is 0 Å². The molecule has 4 aliphatic heterocycles. The first-order chi connectivity index (χ1) is 16.9. The number of aliphatic hydroxyl groups excluding tert-OH is 1. The van der Waals surface area contributed by atoms with Crippen LogP contribution in [0.1, 0.15) is 72.6 Å². The molecule has 8 nitrogen and oxygen atoms in total. The highest BCUT2D eigenvalue weighted by molar-refractivity contribution is 5.84. The summed E-state index contributed by atoms with van der Waals surface area (Å²) in [6.07, 6.45) is 5.81. The summed E-state index contributed by atoms with van der Waals surface area (Å²) in [6.45, 7) is 8.50. The normalized spacial score (nSPS) is 55.4. The van der Waals surface area contributed by atoms with Crippen molar-refractivity contribution >= 4 is 11.9 Å². The molecule has 0 aromatic heterocycles. The Morgan fingerprint density at radius 1 is 1.06 bits per heavy atom. The highest BCUT2D eigenvalue weighted by atomic mass is 16.6. The van der Waals surface area contributed by atoms with Crippen molar-refractivity contribution in [1.29, 1.82) is 0 Å². The Bertz CT molecular complexity index is 1050. The summed E-state index contributed by atoms with van der Waals surface area (Å²) < 4.78 is 24.4. The predicted octanol–water partition coefficient (Wildman–Crippen LogP) is 2.43. The lowest BCUT2D eigenvalue weighted by Crippen LogP contribution is -2.61. The van der Waals surface area contributed by atoms with E-state index in [1.54, 1.807) is 6.08 Å². The molecule has 0 unspecified atom stereocenters. The van der Waals surface area contributed by atoms with Crippen molar-refractivity contribution in [2.24, 2.45) is 29.1 Å². The van der Waals surface area contributed by atoms with E-state index < -0.39 is 40.6 Å². The van der Waals surface area contributed by atoms with E-state index in [1.807, 2.05) is 0 Å². The molecule has 7 rings (SSSR count). The number of cyclic esters (lactones) is 1. The van der Waals surface area contributed by atoms with Gasteiger partial charge in [-0.2, -0.15) is 0 Å². The number of epoxide rings is 1. The van der Waals surface area contributed by atoms with E-state index in [9.17, 15) is 19.8 Å². The molecule has 8 heteroatoms. The SMILES string of the molecule is C[C@@H]([C@@H](O)[C@H]1C=CC(=O)O1)[C@@H]1C[C@H]2O[C@]23[C@H]2CC[C@@H]4C(C)(C)O[C@H]5CC(=O)O[C@]54C[C@]2(O)CC[C@@]13C. The maximum absolute atomic E-state index is 12.4. The minimum atomic E-state index is -1.00. The van der Waals surface area contributed by atoms with Crippen LogP contribution in [-0.4, -0.2) is 69.0 Å². The minimum Gasteiger partial charge on any atom is -0.456 e. The molecule has 3 saturated heterocycles. The van der Waals surface area contributed by atoms with E-state index in [0.717, 1.165) is 25.7 Å². The zero-order chi connectivity index (χ0) is 25.5. The molecule has 0 aromatic carbocycles. The topological polar surface area (TPSA) is 115 Å². The van der Waals surface area contributed by atoms with Gasteiger partial charge in [0.05, 0.1) is 29.8 Å². The Kier molecular flexibility index (Phi) is 4.55. The van der Waals surface area contributed by atoms with Crippen molar-refractivity contribution in [2.45, 2.75) is 119 Å². The van der Waals surface area contributed by atoms with Crippen LogP contribution in [0.4, 0.5) is 0 Å². The smallest absolute Gasteiger partial charge is 0.331 e. The summed E-state index contributed by atoms with van der Waals surface area (Å²) >= 11 is 0. The van der Waals surface area contributed by atoms with Crippen LogP contribution in [-0.2, 0) is 28.5 Å². The quantitative estimate of drug-likeness (QED) is 0.447. The van der Waals surface area contributed by atoms with E-state index in [4.69, 9.17) is 18.9 Å². The molecule has 3 saturated carbocycles. The standard InChI is InChI=1S/C28H38O8/c1-14(23(31)16-5-8-21(29)33-16)15-11-20-28(35-20)18-7-6-17-24(2,3)34-19-12-22(30)36-27(17,19)13-26(18,32)10-9-25(15,28)4/h5,8,14-20,23,31-32H,6-7,9-13H2,1-4H3/t14-,15+,16-,17-,18+,19+,20-,23-,25+,26-,27+,28-/m1/s1. The van der Waals surface area contributed by atoms with Crippen LogP contribution >= 0.6 is 0 Å². The third-order valence-electron chi connectivity index (χ3n) is 11.8. The number of ether oxygens (including phenoxy) is 4. The summed E-state index contributed by atoms with van der Waals surface area (Å²) in [4.78, 5) is 24.0. The minimum absolute atomic E-state index is 0.0257. The number of carbonyl (C=O) groups is 2. The van der Waals surface area contributed by atoms with Crippen LogP contribution < -0.4 is 0 Å².